The van der Waals surface area contributed by atoms with Crippen LogP contribution in [0.25, 0.3) is 0 Å². The highest BCUT2D eigenvalue weighted by atomic mass is 16.6. The van der Waals surface area contributed by atoms with Crippen LogP contribution in [0.4, 0.5) is 0 Å². The molecule has 0 aliphatic carbocycles. The number of rotatable bonds is 4. The average Bonchev–Trinajstić information content (AvgIpc) is 2.28. The molecule has 0 saturated heterocycles. The van der Waals surface area contributed by atoms with Crippen LogP contribution >= 0.6 is 0 Å². The van der Waals surface area contributed by atoms with Crippen molar-refractivity contribution in [1.29, 1.82) is 0 Å². The molecule has 1 aromatic rings. The SMILES string of the molecule is CCC(O)OC(=O)c1ccccc1C([O])=O. The number of hydrogen-bond donors (Lipinski definition) is 1. The van der Waals surface area contributed by atoms with Crippen LogP contribution in [-0.2, 0) is 9.84 Å². The van der Waals surface area contributed by atoms with Crippen molar-refractivity contribution in [2.75, 3.05) is 0 Å². The van der Waals surface area contributed by atoms with Crippen molar-refractivity contribution in [2.24, 2.45) is 0 Å². The first-order valence-corrected chi connectivity index (χ1v) is 4.75. The maximum Gasteiger partial charge on any atom is 0.387 e. The lowest BCUT2D eigenvalue weighted by Gasteiger charge is -2.10. The average molecular weight is 223 g/mol. The molecule has 1 atom stereocenters. The third-order valence-electron chi connectivity index (χ3n) is 1.96. The van der Waals surface area contributed by atoms with Crippen molar-refractivity contribution in [3.05, 3.63) is 35.4 Å². The van der Waals surface area contributed by atoms with E-state index in [9.17, 15) is 14.7 Å². The normalized spacial score (nSPS) is 11.9. The van der Waals surface area contributed by atoms with E-state index in [1.807, 2.05) is 0 Å². The summed E-state index contributed by atoms with van der Waals surface area (Å²) in [5, 5.41) is 19.8. The molecule has 0 amide bonds. The van der Waals surface area contributed by atoms with Gasteiger partial charge in [0.1, 0.15) is 0 Å². The fourth-order valence-electron chi connectivity index (χ4n) is 1.11. The van der Waals surface area contributed by atoms with Crippen LogP contribution in [0.1, 0.15) is 34.1 Å². The Hall–Kier alpha value is -1.88. The second-order valence-corrected chi connectivity index (χ2v) is 3.10. The Bertz CT molecular complexity index is 399. The molecule has 1 rings (SSSR count). The first-order chi connectivity index (χ1) is 7.56. The van der Waals surface area contributed by atoms with Gasteiger partial charge < -0.3 is 9.84 Å². The summed E-state index contributed by atoms with van der Waals surface area (Å²) in [6.07, 6.45) is -0.999. The number of hydrogen-bond acceptors (Lipinski definition) is 4. The van der Waals surface area contributed by atoms with E-state index >= 15 is 0 Å². The van der Waals surface area contributed by atoms with Crippen LogP contribution in [0.5, 0.6) is 0 Å². The molecule has 0 aromatic heterocycles. The lowest BCUT2D eigenvalue weighted by molar-refractivity contribution is -0.0658. The van der Waals surface area contributed by atoms with Crippen LogP contribution in [-0.4, -0.2) is 23.3 Å². The summed E-state index contributed by atoms with van der Waals surface area (Å²) in [7, 11) is 0. The Morgan fingerprint density at radius 3 is 2.38 bits per heavy atom. The standard InChI is InChI=1S/C11H11O5/c1-2-9(12)16-11(15)8-6-4-3-5-7(8)10(13)14/h3-6,9,12H,2H2,1H3. The van der Waals surface area contributed by atoms with Gasteiger partial charge in [-0.15, -0.1) is 0 Å². The van der Waals surface area contributed by atoms with Gasteiger partial charge in [0.2, 0.25) is 6.29 Å². The molecule has 1 unspecified atom stereocenters. The van der Waals surface area contributed by atoms with Crippen molar-refractivity contribution in [3.8, 4) is 0 Å². The van der Waals surface area contributed by atoms with Crippen LogP contribution in [0.2, 0.25) is 0 Å². The molecule has 0 aliphatic heterocycles. The molecular formula is C11H11O5. The highest BCUT2D eigenvalue weighted by molar-refractivity contribution is 6.02. The van der Waals surface area contributed by atoms with Crippen molar-refractivity contribution in [2.45, 2.75) is 19.6 Å². The van der Waals surface area contributed by atoms with Crippen LogP contribution < -0.4 is 0 Å². The van der Waals surface area contributed by atoms with Gasteiger partial charge in [0.15, 0.2) is 0 Å². The summed E-state index contributed by atoms with van der Waals surface area (Å²) in [4.78, 5) is 22.2. The number of ether oxygens (including phenoxy) is 1. The van der Waals surface area contributed by atoms with Crippen molar-refractivity contribution in [1.82, 2.24) is 0 Å². The number of aliphatic hydroxyl groups excluding tert-OH is 1. The van der Waals surface area contributed by atoms with Gasteiger partial charge >= 0.3 is 11.9 Å². The summed E-state index contributed by atoms with van der Waals surface area (Å²) in [6.45, 7) is 1.63. The Kier molecular flexibility index (Phi) is 4.02. The molecule has 0 heterocycles. The van der Waals surface area contributed by atoms with Gasteiger partial charge in [-0.05, 0) is 12.1 Å². The lowest BCUT2D eigenvalue weighted by atomic mass is 10.1. The van der Waals surface area contributed by atoms with Crippen molar-refractivity contribution in [3.63, 3.8) is 0 Å². The van der Waals surface area contributed by atoms with Gasteiger partial charge in [0, 0.05) is 6.42 Å². The maximum atomic E-state index is 11.5. The second-order valence-electron chi connectivity index (χ2n) is 3.10. The fraction of sp³-hybridized carbons (Fsp3) is 0.273. The van der Waals surface area contributed by atoms with Crippen molar-refractivity contribution >= 4 is 11.9 Å². The smallest absolute Gasteiger partial charge is 0.387 e. The van der Waals surface area contributed by atoms with Gasteiger partial charge in [-0.2, -0.15) is 0 Å². The van der Waals surface area contributed by atoms with E-state index in [4.69, 9.17) is 5.11 Å². The van der Waals surface area contributed by atoms with E-state index in [-0.39, 0.29) is 17.5 Å². The number of aliphatic hydroxyl groups is 1. The molecule has 85 valence electrons. The summed E-state index contributed by atoms with van der Waals surface area (Å²) in [5.74, 6) is -2.34. The van der Waals surface area contributed by atoms with Gasteiger partial charge in [-0.1, -0.05) is 19.1 Å². The lowest BCUT2D eigenvalue weighted by Crippen LogP contribution is -2.18. The van der Waals surface area contributed by atoms with E-state index in [2.05, 4.69) is 4.74 Å². The summed E-state index contributed by atoms with van der Waals surface area (Å²) >= 11 is 0. The minimum absolute atomic E-state index is 0.130. The Morgan fingerprint density at radius 1 is 1.31 bits per heavy atom. The van der Waals surface area contributed by atoms with Crippen LogP contribution in [0.15, 0.2) is 24.3 Å². The molecule has 16 heavy (non-hydrogen) atoms. The molecule has 1 radical (unpaired) electrons. The maximum absolute atomic E-state index is 11.5. The quantitative estimate of drug-likeness (QED) is 0.612. The van der Waals surface area contributed by atoms with Gasteiger partial charge in [0.05, 0.1) is 11.1 Å². The van der Waals surface area contributed by atoms with Crippen molar-refractivity contribution < 1.29 is 24.5 Å². The molecule has 0 bridgehead atoms. The molecule has 0 spiro atoms. The molecule has 1 N–H and O–H groups in total. The van der Waals surface area contributed by atoms with Gasteiger partial charge in [0.25, 0.3) is 0 Å². The number of benzene rings is 1. The fourth-order valence-corrected chi connectivity index (χ4v) is 1.11. The van der Waals surface area contributed by atoms with Crippen LogP contribution in [0, 0.1) is 0 Å². The van der Waals surface area contributed by atoms with Gasteiger partial charge in [-0.3, -0.25) is 0 Å². The van der Waals surface area contributed by atoms with E-state index in [1.165, 1.54) is 24.3 Å². The Morgan fingerprint density at radius 2 is 1.88 bits per heavy atom. The predicted octanol–water partition coefficient (Wildman–Crippen LogP) is 1.14. The molecule has 0 fully saturated rings. The second kappa shape index (κ2) is 5.27. The Labute approximate surface area is 92.3 Å². The van der Waals surface area contributed by atoms with E-state index in [0.29, 0.717) is 0 Å². The highest BCUT2D eigenvalue weighted by Crippen LogP contribution is 2.11. The summed E-state index contributed by atoms with van der Waals surface area (Å²) in [5.41, 5.74) is -0.384. The van der Waals surface area contributed by atoms with Gasteiger partial charge in [-0.25, -0.2) is 14.7 Å². The molecule has 5 heteroatoms. The number of carbonyl (C=O) groups excluding carboxylic acids is 2. The molecule has 0 aliphatic rings. The number of carbonyl (C=O) groups is 2. The minimum Gasteiger partial charge on any atom is -0.432 e. The first kappa shape index (κ1) is 12.2. The molecule has 0 saturated carbocycles. The predicted molar refractivity (Wildman–Crippen MR) is 53.2 cm³/mol. The summed E-state index contributed by atoms with van der Waals surface area (Å²) in [6, 6.07) is 5.51. The molecule has 1 aromatic carbocycles. The third-order valence-corrected chi connectivity index (χ3v) is 1.96. The summed E-state index contributed by atoms with van der Waals surface area (Å²) < 4.78 is 4.60. The highest BCUT2D eigenvalue weighted by Gasteiger charge is 2.19. The number of esters is 1. The zero-order valence-corrected chi connectivity index (χ0v) is 8.67. The van der Waals surface area contributed by atoms with E-state index < -0.39 is 18.2 Å². The van der Waals surface area contributed by atoms with E-state index in [0.717, 1.165) is 0 Å². The first-order valence-electron chi connectivity index (χ1n) is 4.75. The largest absolute Gasteiger partial charge is 0.432 e. The molecule has 5 nitrogen and oxygen atoms in total. The van der Waals surface area contributed by atoms with Crippen LogP contribution in [0.3, 0.4) is 0 Å². The Balaban J connectivity index is 2.95. The minimum atomic E-state index is -1.46. The third kappa shape index (κ3) is 2.80. The topological polar surface area (TPSA) is 83.5 Å². The van der Waals surface area contributed by atoms with E-state index in [1.54, 1.807) is 6.92 Å². The zero-order valence-electron chi connectivity index (χ0n) is 8.67. The molecular weight excluding hydrogens is 212 g/mol. The zero-order chi connectivity index (χ0) is 12.1. The monoisotopic (exact) mass is 223 g/mol.